The molecule has 234 valence electrons. The maximum Gasteiger partial charge on any atom is 0.330 e. The number of benzene rings is 3. The van der Waals surface area contributed by atoms with E-state index in [2.05, 4.69) is 89.4 Å². The Morgan fingerprint density at radius 3 is 1.11 bits per heavy atom. The fraction of sp³-hybridized carbons (Fsp3) is 0.368. The average Bonchev–Trinajstić information content (AvgIpc) is 3.04. The first-order chi connectivity index (χ1) is 20.9. The third kappa shape index (κ3) is 9.34. The van der Waals surface area contributed by atoms with Gasteiger partial charge in [0.05, 0.1) is 26.4 Å². The summed E-state index contributed by atoms with van der Waals surface area (Å²) in [5.41, 5.74) is 4.42. The molecule has 2 atom stereocenters. The van der Waals surface area contributed by atoms with Crippen LogP contribution < -0.4 is 9.47 Å². The van der Waals surface area contributed by atoms with E-state index in [0.29, 0.717) is 26.4 Å². The molecule has 0 bridgehead atoms. The molecule has 0 aliphatic rings. The Morgan fingerprint density at radius 2 is 0.841 bits per heavy atom. The molecule has 3 aromatic carbocycles. The molecule has 0 N–H and O–H groups in total. The first-order valence-electron chi connectivity index (χ1n) is 15.0. The summed E-state index contributed by atoms with van der Waals surface area (Å²) in [5.74, 6) is 0.856. The van der Waals surface area contributed by atoms with E-state index in [-0.39, 0.29) is 22.7 Å². The third-order valence-corrected chi connectivity index (χ3v) is 7.90. The second-order valence-electron chi connectivity index (χ2n) is 12.4. The van der Waals surface area contributed by atoms with E-state index in [1.54, 1.807) is 0 Å². The SMILES string of the molecule is C=CC(=O)OCC(C)COc1ccc(C(C)(C)c2ccc(C(C)(C)c3ccc(OCC(C)COC(=O)C=C)cc3)cc2)cc1. The zero-order valence-electron chi connectivity index (χ0n) is 26.9. The molecule has 2 unspecified atom stereocenters. The lowest BCUT2D eigenvalue weighted by molar-refractivity contribution is -0.140. The largest absolute Gasteiger partial charge is 0.493 e. The van der Waals surface area contributed by atoms with E-state index < -0.39 is 11.9 Å². The molecule has 0 fully saturated rings. The molecule has 0 saturated carbocycles. The molecule has 0 radical (unpaired) electrons. The standard InChI is InChI=1S/C38H46O6/c1-9-35(39)43-25-27(3)23-41-33-19-15-31(16-20-33)37(5,6)29-11-13-30(14-12-29)38(7,8)32-17-21-34(22-18-32)42-24-28(4)26-44-36(40)10-2/h9-22,27-28H,1-2,23-26H2,3-8H3. The fourth-order valence-electron chi connectivity index (χ4n) is 4.71. The van der Waals surface area contributed by atoms with E-state index in [0.717, 1.165) is 23.7 Å². The maximum atomic E-state index is 11.3. The van der Waals surface area contributed by atoms with Crippen molar-refractivity contribution < 1.29 is 28.5 Å². The minimum atomic E-state index is -0.422. The van der Waals surface area contributed by atoms with Crippen molar-refractivity contribution in [1.29, 1.82) is 0 Å². The number of esters is 2. The smallest absolute Gasteiger partial charge is 0.330 e. The van der Waals surface area contributed by atoms with Gasteiger partial charge < -0.3 is 18.9 Å². The summed E-state index contributed by atoms with van der Waals surface area (Å²) in [6.45, 7) is 21.1. The number of ether oxygens (including phenoxy) is 4. The zero-order chi connectivity index (χ0) is 32.3. The minimum absolute atomic E-state index is 0.0693. The normalized spacial score (nSPS) is 12.9. The predicted octanol–water partition coefficient (Wildman–Crippen LogP) is 7.83. The van der Waals surface area contributed by atoms with E-state index in [4.69, 9.17) is 18.9 Å². The Morgan fingerprint density at radius 1 is 0.568 bits per heavy atom. The number of hydrogen-bond donors (Lipinski definition) is 0. The molecule has 0 amide bonds. The summed E-state index contributed by atoms with van der Waals surface area (Å²) in [6, 6.07) is 25.2. The van der Waals surface area contributed by atoms with Gasteiger partial charge in [0.25, 0.3) is 0 Å². The van der Waals surface area contributed by atoms with Crippen LogP contribution in [0.2, 0.25) is 0 Å². The van der Waals surface area contributed by atoms with Crippen molar-refractivity contribution in [2.45, 2.75) is 52.4 Å². The number of carbonyl (C=O) groups is 2. The van der Waals surface area contributed by atoms with Gasteiger partial charge in [-0.15, -0.1) is 0 Å². The van der Waals surface area contributed by atoms with Gasteiger partial charge >= 0.3 is 11.9 Å². The first-order valence-corrected chi connectivity index (χ1v) is 15.0. The molecule has 0 aliphatic heterocycles. The van der Waals surface area contributed by atoms with Crippen molar-refractivity contribution in [2.24, 2.45) is 11.8 Å². The second-order valence-corrected chi connectivity index (χ2v) is 12.4. The van der Waals surface area contributed by atoms with Gasteiger partial charge in [0.2, 0.25) is 0 Å². The third-order valence-electron chi connectivity index (χ3n) is 7.90. The van der Waals surface area contributed by atoms with Crippen LogP contribution in [0.3, 0.4) is 0 Å². The Bertz CT molecular complexity index is 1280. The van der Waals surface area contributed by atoms with Crippen LogP contribution in [-0.2, 0) is 29.9 Å². The number of rotatable bonds is 16. The lowest BCUT2D eigenvalue weighted by Crippen LogP contribution is -2.21. The Balaban J connectivity index is 1.60. The lowest BCUT2D eigenvalue weighted by Gasteiger charge is -2.30. The Kier molecular flexibility index (Phi) is 12.0. The van der Waals surface area contributed by atoms with Crippen molar-refractivity contribution in [1.82, 2.24) is 0 Å². The van der Waals surface area contributed by atoms with Crippen LogP contribution in [-0.4, -0.2) is 38.4 Å². The molecular formula is C38H46O6. The predicted molar refractivity (Wildman–Crippen MR) is 175 cm³/mol. The second kappa shape index (κ2) is 15.4. The summed E-state index contributed by atoms with van der Waals surface area (Å²) < 4.78 is 22.0. The Hall–Kier alpha value is -4.32. The Labute approximate surface area is 262 Å². The molecule has 0 aliphatic carbocycles. The highest BCUT2D eigenvalue weighted by atomic mass is 16.5. The molecular weight excluding hydrogens is 552 g/mol. The van der Waals surface area contributed by atoms with Gasteiger partial charge in [-0.05, 0) is 46.5 Å². The van der Waals surface area contributed by atoms with Gasteiger partial charge in [-0.25, -0.2) is 9.59 Å². The maximum absolute atomic E-state index is 11.3. The number of carbonyl (C=O) groups excluding carboxylic acids is 2. The zero-order valence-corrected chi connectivity index (χ0v) is 26.9. The molecule has 0 saturated heterocycles. The minimum Gasteiger partial charge on any atom is -0.493 e. The van der Waals surface area contributed by atoms with E-state index in [1.165, 1.54) is 22.3 Å². The van der Waals surface area contributed by atoms with Crippen LogP contribution in [0.25, 0.3) is 0 Å². The highest BCUT2D eigenvalue weighted by molar-refractivity contribution is 5.81. The molecule has 0 spiro atoms. The van der Waals surface area contributed by atoms with Crippen LogP contribution in [0.4, 0.5) is 0 Å². The molecule has 3 rings (SSSR count). The fourth-order valence-corrected chi connectivity index (χ4v) is 4.71. The van der Waals surface area contributed by atoms with Crippen molar-refractivity contribution in [3.8, 4) is 11.5 Å². The lowest BCUT2D eigenvalue weighted by atomic mass is 9.74. The highest BCUT2D eigenvalue weighted by Gasteiger charge is 2.26. The molecule has 6 heteroatoms. The summed E-state index contributed by atoms with van der Waals surface area (Å²) in [4.78, 5) is 22.5. The molecule has 3 aromatic rings. The number of hydrogen-bond acceptors (Lipinski definition) is 6. The van der Waals surface area contributed by atoms with Gasteiger partial charge in [0, 0.05) is 34.8 Å². The summed E-state index contributed by atoms with van der Waals surface area (Å²) in [5, 5.41) is 0. The molecule has 6 nitrogen and oxygen atoms in total. The van der Waals surface area contributed by atoms with Crippen LogP contribution >= 0.6 is 0 Å². The first kappa shape index (κ1) is 34.2. The van der Waals surface area contributed by atoms with Crippen LogP contribution in [0.5, 0.6) is 11.5 Å². The van der Waals surface area contributed by atoms with Crippen LogP contribution in [0.1, 0.15) is 63.8 Å². The monoisotopic (exact) mass is 598 g/mol. The van der Waals surface area contributed by atoms with Crippen molar-refractivity contribution >= 4 is 11.9 Å². The van der Waals surface area contributed by atoms with Crippen molar-refractivity contribution in [2.75, 3.05) is 26.4 Å². The van der Waals surface area contributed by atoms with E-state index in [9.17, 15) is 9.59 Å². The van der Waals surface area contributed by atoms with Gasteiger partial charge in [-0.3, -0.25) is 0 Å². The van der Waals surface area contributed by atoms with Crippen LogP contribution in [0.15, 0.2) is 98.1 Å². The van der Waals surface area contributed by atoms with E-state index in [1.807, 2.05) is 38.1 Å². The molecule has 0 heterocycles. The van der Waals surface area contributed by atoms with Gasteiger partial charge in [-0.2, -0.15) is 0 Å². The average molecular weight is 599 g/mol. The molecule has 44 heavy (non-hydrogen) atoms. The summed E-state index contributed by atoms with van der Waals surface area (Å²) in [7, 11) is 0. The molecule has 0 aromatic heterocycles. The van der Waals surface area contributed by atoms with E-state index >= 15 is 0 Å². The van der Waals surface area contributed by atoms with Crippen molar-refractivity contribution in [3.63, 3.8) is 0 Å². The summed E-state index contributed by atoms with van der Waals surface area (Å²) in [6.07, 6.45) is 2.33. The topological polar surface area (TPSA) is 71.1 Å². The van der Waals surface area contributed by atoms with Crippen LogP contribution in [0, 0.1) is 11.8 Å². The quantitative estimate of drug-likeness (QED) is 0.124. The summed E-state index contributed by atoms with van der Waals surface area (Å²) >= 11 is 0. The van der Waals surface area contributed by atoms with Gasteiger partial charge in [0.15, 0.2) is 0 Å². The van der Waals surface area contributed by atoms with Gasteiger partial charge in [0.1, 0.15) is 11.5 Å². The van der Waals surface area contributed by atoms with Gasteiger partial charge in [-0.1, -0.05) is 103 Å². The highest BCUT2D eigenvalue weighted by Crippen LogP contribution is 2.36. The van der Waals surface area contributed by atoms with Crippen molar-refractivity contribution in [3.05, 3.63) is 120 Å².